The lowest BCUT2D eigenvalue weighted by molar-refractivity contribution is -0.133. The van der Waals surface area contributed by atoms with Crippen molar-refractivity contribution in [1.29, 1.82) is 0 Å². The molecule has 0 aromatic rings. The Kier molecular flexibility index (Phi) is 6.08. The minimum absolute atomic E-state index is 0.0349. The molecule has 1 aliphatic heterocycles. The van der Waals surface area contributed by atoms with Gasteiger partial charge in [-0.25, -0.2) is 0 Å². The minimum Gasteiger partial charge on any atom is -0.409 e. The van der Waals surface area contributed by atoms with Crippen molar-refractivity contribution in [2.45, 2.75) is 39.7 Å². The van der Waals surface area contributed by atoms with E-state index < -0.39 is 0 Å². The second kappa shape index (κ2) is 7.33. The van der Waals surface area contributed by atoms with Crippen molar-refractivity contribution in [3.05, 3.63) is 0 Å². The van der Waals surface area contributed by atoms with Crippen molar-refractivity contribution in [3.63, 3.8) is 0 Å². The van der Waals surface area contributed by atoms with E-state index in [1.807, 2.05) is 11.8 Å². The monoisotopic (exact) mass is 270 g/mol. The highest BCUT2D eigenvalue weighted by Gasteiger charge is 2.27. The zero-order chi connectivity index (χ0) is 14.4. The standard InChI is InChI=1S/C13H26N4O2/c1-4-11(13(14)15-19)16-5-7-17(8-6-16)12(18)9-10(2)3/h10-11,19H,4-9H2,1-3H3,(H2,14,15). The topological polar surface area (TPSA) is 82.2 Å². The van der Waals surface area contributed by atoms with Gasteiger partial charge >= 0.3 is 0 Å². The lowest BCUT2D eigenvalue weighted by Gasteiger charge is -2.38. The van der Waals surface area contributed by atoms with E-state index in [1.165, 1.54) is 0 Å². The molecule has 6 nitrogen and oxygen atoms in total. The number of carbonyl (C=O) groups excluding carboxylic acids is 1. The van der Waals surface area contributed by atoms with Crippen molar-refractivity contribution in [2.24, 2.45) is 16.8 Å². The highest BCUT2D eigenvalue weighted by molar-refractivity contribution is 5.85. The smallest absolute Gasteiger partial charge is 0.222 e. The predicted octanol–water partition coefficient (Wildman–Crippen LogP) is 0.702. The van der Waals surface area contributed by atoms with Gasteiger partial charge in [0.25, 0.3) is 0 Å². The van der Waals surface area contributed by atoms with Crippen LogP contribution in [0.5, 0.6) is 0 Å². The van der Waals surface area contributed by atoms with E-state index in [1.54, 1.807) is 0 Å². The number of nitrogens with two attached hydrogens (primary N) is 1. The normalized spacial score (nSPS) is 19.8. The SMILES string of the molecule is CCC(C(N)=NO)N1CCN(C(=O)CC(C)C)CC1. The molecule has 0 aliphatic carbocycles. The van der Waals surface area contributed by atoms with Crippen LogP contribution in [-0.4, -0.2) is 59.0 Å². The first-order chi connectivity index (χ1) is 8.99. The number of amides is 1. The van der Waals surface area contributed by atoms with Crippen LogP contribution in [0.25, 0.3) is 0 Å². The van der Waals surface area contributed by atoms with E-state index in [4.69, 9.17) is 10.9 Å². The van der Waals surface area contributed by atoms with Crippen LogP contribution in [0.1, 0.15) is 33.6 Å². The highest BCUT2D eigenvalue weighted by atomic mass is 16.4. The molecule has 0 aromatic carbocycles. The zero-order valence-corrected chi connectivity index (χ0v) is 12.2. The molecule has 19 heavy (non-hydrogen) atoms. The maximum atomic E-state index is 12.0. The van der Waals surface area contributed by atoms with Crippen LogP contribution in [0.15, 0.2) is 5.16 Å². The Morgan fingerprint density at radius 3 is 2.32 bits per heavy atom. The van der Waals surface area contributed by atoms with E-state index in [0.717, 1.165) is 32.6 Å². The predicted molar refractivity (Wildman–Crippen MR) is 75.1 cm³/mol. The molecule has 6 heteroatoms. The largest absolute Gasteiger partial charge is 0.409 e. The number of rotatable bonds is 5. The van der Waals surface area contributed by atoms with Gasteiger partial charge in [0.05, 0.1) is 6.04 Å². The molecule has 0 aromatic heterocycles. The van der Waals surface area contributed by atoms with Crippen LogP contribution >= 0.6 is 0 Å². The average molecular weight is 270 g/mol. The number of hydrogen-bond acceptors (Lipinski definition) is 4. The van der Waals surface area contributed by atoms with Crippen LogP contribution in [0.2, 0.25) is 0 Å². The Labute approximate surface area is 115 Å². The van der Waals surface area contributed by atoms with E-state index in [2.05, 4.69) is 23.9 Å². The summed E-state index contributed by atoms with van der Waals surface area (Å²) in [5, 5.41) is 11.9. The number of oxime groups is 1. The number of nitrogens with zero attached hydrogens (tertiary/aromatic N) is 3. The second-order valence-electron chi connectivity index (χ2n) is 5.46. The Balaban J connectivity index is 2.50. The lowest BCUT2D eigenvalue weighted by atomic mass is 10.1. The molecule has 0 bridgehead atoms. The maximum absolute atomic E-state index is 12.0. The van der Waals surface area contributed by atoms with Crippen LogP contribution in [-0.2, 0) is 4.79 Å². The summed E-state index contributed by atoms with van der Waals surface area (Å²) in [5.41, 5.74) is 5.70. The summed E-state index contributed by atoms with van der Waals surface area (Å²) in [6, 6.07) is -0.0349. The average Bonchev–Trinajstić information content (AvgIpc) is 2.39. The third-order valence-corrected chi connectivity index (χ3v) is 3.53. The summed E-state index contributed by atoms with van der Waals surface area (Å²) in [7, 11) is 0. The molecular formula is C13H26N4O2. The molecule has 1 atom stereocenters. The molecule has 1 unspecified atom stereocenters. The summed E-state index contributed by atoms with van der Waals surface area (Å²) < 4.78 is 0. The Hall–Kier alpha value is -1.30. The van der Waals surface area contributed by atoms with Crippen LogP contribution in [0.4, 0.5) is 0 Å². The molecule has 0 saturated carbocycles. The number of carbonyl (C=O) groups is 1. The highest BCUT2D eigenvalue weighted by Crippen LogP contribution is 2.12. The summed E-state index contributed by atoms with van der Waals surface area (Å²) in [5.74, 6) is 0.877. The maximum Gasteiger partial charge on any atom is 0.222 e. The number of piperazine rings is 1. The third kappa shape index (κ3) is 4.38. The van der Waals surface area contributed by atoms with Gasteiger partial charge in [-0.05, 0) is 12.3 Å². The van der Waals surface area contributed by atoms with Crippen molar-refractivity contribution in [1.82, 2.24) is 9.80 Å². The van der Waals surface area contributed by atoms with Gasteiger partial charge in [0.1, 0.15) is 0 Å². The van der Waals surface area contributed by atoms with Crippen LogP contribution < -0.4 is 5.73 Å². The zero-order valence-electron chi connectivity index (χ0n) is 12.2. The molecule has 0 radical (unpaired) electrons. The minimum atomic E-state index is -0.0349. The van der Waals surface area contributed by atoms with E-state index >= 15 is 0 Å². The van der Waals surface area contributed by atoms with Gasteiger partial charge in [0, 0.05) is 32.6 Å². The summed E-state index contributed by atoms with van der Waals surface area (Å²) in [4.78, 5) is 16.1. The lowest BCUT2D eigenvalue weighted by Crippen LogP contribution is -2.55. The van der Waals surface area contributed by atoms with Crippen LogP contribution in [0.3, 0.4) is 0 Å². The first-order valence-corrected chi connectivity index (χ1v) is 6.98. The van der Waals surface area contributed by atoms with E-state index in [0.29, 0.717) is 12.3 Å². The Morgan fingerprint density at radius 2 is 1.89 bits per heavy atom. The van der Waals surface area contributed by atoms with Gasteiger partial charge in [-0.15, -0.1) is 0 Å². The quantitative estimate of drug-likeness (QED) is 0.333. The Bertz CT molecular complexity index is 323. The van der Waals surface area contributed by atoms with Gasteiger partial charge in [-0.1, -0.05) is 25.9 Å². The van der Waals surface area contributed by atoms with E-state index in [9.17, 15) is 4.79 Å². The van der Waals surface area contributed by atoms with Crippen molar-refractivity contribution in [2.75, 3.05) is 26.2 Å². The van der Waals surface area contributed by atoms with Gasteiger partial charge in [0.2, 0.25) is 5.91 Å². The molecule has 1 saturated heterocycles. The van der Waals surface area contributed by atoms with Gasteiger partial charge in [-0.3, -0.25) is 9.69 Å². The molecular weight excluding hydrogens is 244 g/mol. The molecule has 1 amide bonds. The Morgan fingerprint density at radius 1 is 1.32 bits per heavy atom. The molecule has 110 valence electrons. The number of amidine groups is 1. The molecule has 1 rings (SSSR count). The van der Waals surface area contributed by atoms with Crippen LogP contribution in [0, 0.1) is 5.92 Å². The van der Waals surface area contributed by atoms with Crippen molar-refractivity contribution >= 4 is 11.7 Å². The first kappa shape index (κ1) is 15.8. The number of hydrogen-bond donors (Lipinski definition) is 2. The molecule has 1 aliphatic rings. The van der Waals surface area contributed by atoms with Gasteiger partial charge in [0.15, 0.2) is 5.84 Å². The third-order valence-electron chi connectivity index (χ3n) is 3.53. The second-order valence-corrected chi connectivity index (χ2v) is 5.46. The summed E-state index contributed by atoms with van der Waals surface area (Å²) in [6.45, 7) is 9.12. The first-order valence-electron chi connectivity index (χ1n) is 6.98. The van der Waals surface area contributed by atoms with E-state index in [-0.39, 0.29) is 17.8 Å². The fourth-order valence-electron chi connectivity index (χ4n) is 2.48. The van der Waals surface area contributed by atoms with Gasteiger partial charge in [-0.2, -0.15) is 0 Å². The molecule has 1 heterocycles. The molecule has 0 spiro atoms. The van der Waals surface area contributed by atoms with Crippen molar-refractivity contribution < 1.29 is 10.0 Å². The fourth-order valence-corrected chi connectivity index (χ4v) is 2.48. The fraction of sp³-hybridized carbons (Fsp3) is 0.846. The summed E-state index contributed by atoms with van der Waals surface area (Å²) >= 11 is 0. The van der Waals surface area contributed by atoms with Gasteiger partial charge < -0.3 is 15.8 Å². The van der Waals surface area contributed by atoms with Crippen molar-refractivity contribution in [3.8, 4) is 0 Å². The summed E-state index contributed by atoms with van der Waals surface area (Å²) in [6.07, 6.45) is 1.41. The molecule has 1 fully saturated rings. The molecule has 3 N–H and O–H groups in total.